The number of aromatic nitrogens is 1. The lowest BCUT2D eigenvalue weighted by Gasteiger charge is -2.18. The van der Waals surface area contributed by atoms with Crippen LogP contribution in [0, 0.1) is 0 Å². The smallest absolute Gasteiger partial charge is 0.251 e. The first-order valence-corrected chi connectivity index (χ1v) is 8.47. The average Bonchev–Trinajstić information content (AvgIpc) is 2.55. The molecule has 1 aliphatic rings. The Bertz CT molecular complexity index is 712. The molecule has 1 amide bonds. The van der Waals surface area contributed by atoms with E-state index < -0.39 is 0 Å². The van der Waals surface area contributed by atoms with Gasteiger partial charge in [0.05, 0.1) is 10.5 Å². The largest absolute Gasteiger partial charge is 0.352 e. The van der Waals surface area contributed by atoms with Crippen LogP contribution in [0.1, 0.15) is 54.2 Å². The monoisotopic (exact) mass is 316 g/mol. The number of carbonyl (C=O) groups excluding carboxylic acids is 1. The van der Waals surface area contributed by atoms with Crippen LogP contribution in [0.3, 0.4) is 0 Å². The van der Waals surface area contributed by atoms with Crippen LogP contribution in [0.2, 0.25) is 5.02 Å². The van der Waals surface area contributed by atoms with E-state index in [4.69, 9.17) is 16.6 Å². The highest BCUT2D eigenvalue weighted by Crippen LogP contribution is 2.33. The van der Waals surface area contributed by atoms with Crippen molar-refractivity contribution in [2.75, 3.05) is 6.54 Å². The Balaban J connectivity index is 1.95. The molecule has 3 nitrogen and oxygen atoms in total. The lowest BCUT2D eigenvalue weighted by molar-refractivity contribution is 0.0953. The second-order valence-electron chi connectivity index (χ2n) is 5.90. The second kappa shape index (κ2) is 6.66. The summed E-state index contributed by atoms with van der Waals surface area (Å²) in [4.78, 5) is 16.9. The Morgan fingerprint density at radius 3 is 2.95 bits per heavy atom. The van der Waals surface area contributed by atoms with Gasteiger partial charge in [-0.05, 0) is 55.9 Å². The lowest BCUT2D eigenvalue weighted by atomic mass is 9.94. The van der Waals surface area contributed by atoms with Gasteiger partial charge in [0.15, 0.2) is 0 Å². The van der Waals surface area contributed by atoms with Crippen LogP contribution in [-0.4, -0.2) is 17.4 Å². The molecule has 0 unspecified atom stereocenters. The Morgan fingerprint density at radius 1 is 1.32 bits per heavy atom. The number of hydrogen-bond donors (Lipinski definition) is 1. The third-order valence-electron chi connectivity index (χ3n) is 4.27. The Hall–Kier alpha value is -1.61. The van der Waals surface area contributed by atoms with Crippen LogP contribution in [-0.2, 0) is 12.8 Å². The first kappa shape index (κ1) is 15.3. The van der Waals surface area contributed by atoms with Gasteiger partial charge in [0.1, 0.15) is 0 Å². The minimum atomic E-state index is -0.0378. The maximum Gasteiger partial charge on any atom is 0.251 e. The first-order chi connectivity index (χ1) is 10.7. The third-order valence-corrected chi connectivity index (χ3v) is 4.70. The molecule has 0 atom stereocenters. The van der Waals surface area contributed by atoms with Crippen molar-refractivity contribution in [2.45, 2.75) is 45.4 Å². The molecule has 0 fully saturated rings. The number of rotatable bonds is 4. The molecule has 0 saturated heterocycles. The summed E-state index contributed by atoms with van der Waals surface area (Å²) in [6.45, 7) is 2.82. The van der Waals surface area contributed by atoms with E-state index in [0.717, 1.165) is 53.7 Å². The van der Waals surface area contributed by atoms with Crippen LogP contribution < -0.4 is 5.32 Å². The van der Waals surface area contributed by atoms with Crippen LogP contribution in [0.4, 0.5) is 0 Å². The van der Waals surface area contributed by atoms with Gasteiger partial charge in [-0.25, -0.2) is 0 Å². The molecule has 0 spiro atoms. The zero-order valence-electron chi connectivity index (χ0n) is 12.9. The normalized spacial score (nSPS) is 13.9. The van der Waals surface area contributed by atoms with Crippen LogP contribution in [0.15, 0.2) is 18.2 Å². The van der Waals surface area contributed by atoms with Crippen molar-refractivity contribution in [3.05, 3.63) is 40.0 Å². The van der Waals surface area contributed by atoms with Crippen LogP contribution in [0.25, 0.3) is 10.9 Å². The van der Waals surface area contributed by atoms with Crippen molar-refractivity contribution >= 4 is 28.4 Å². The summed E-state index contributed by atoms with van der Waals surface area (Å²) in [6, 6.07) is 5.62. The van der Waals surface area contributed by atoms with Gasteiger partial charge in [-0.1, -0.05) is 24.9 Å². The number of pyridine rings is 1. The molecule has 3 rings (SSSR count). The minimum absolute atomic E-state index is 0.0378. The fourth-order valence-corrected chi connectivity index (χ4v) is 3.34. The minimum Gasteiger partial charge on any atom is -0.352 e. The van der Waals surface area contributed by atoms with E-state index >= 15 is 0 Å². The van der Waals surface area contributed by atoms with Crippen molar-refractivity contribution in [3.8, 4) is 0 Å². The number of carbonyl (C=O) groups is 1. The number of aryl methyl sites for hydroxylation is 1. The third kappa shape index (κ3) is 2.95. The summed E-state index contributed by atoms with van der Waals surface area (Å²) in [7, 11) is 0. The predicted octanol–water partition coefficient (Wildman–Crippen LogP) is 4.30. The number of nitrogens with one attached hydrogen (secondary N) is 1. The fourth-order valence-electron chi connectivity index (χ4n) is 2.99. The molecule has 22 heavy (non-hydrogen) atoms. The quantitative estimate of drug-likeness (QED) is 0.855. The Labute approximate surface area is 136 Å². The highest BCUT2D eigenvalue weighted by atomic mass is 35.5. The molecule has 1 aliphatic carbocycles. The molecular formula is C18H21ClN2O. The SMILES string of the molecule is CCCCNC(=O)c1ccc2nc3c(c(Cl)c2c1)CCCC3. The molecule has 0 bridgehead atoms. The lowest BCUT2D eigenvalue weighted by Crippen LogP contribution is -2.24. The summed E-state index contributed by atoms with van der Waals surface area (Å²) in [6.07, 6.45) is 6.40. The standard InChI is InChI=1S/C18H21ClN2O/c1-2-3-10-20-18(22)12-8-9-16-14(11-12)17(19)13-6-4-5-7-15(13)21-16/h8-9,11H,2-7,10H2,1H3,(H,20,22). The van der Waals surface area contributed by atoms with Gasteiger partial charge in [-0.2, -0.15) is 0 Å². The molecule has 0 saturated carbocycles. The van der Waals surface area contributed by atoms with E-state index in [1.807, 2.05) is 18.2 Å². The average molecular weight is 317 g/mol. The van der Waals surface area contributed by atoms with Crippen LogP contribution in [0.5, 0.6) is 0 Å². The zero-order chi connectivity index (χ0) is 15.5. The van der Waals surface area contributed by atoms with E-state index in [0.29, 0.717) is 12.1 Å². The number of nitrogens with zero attached hydrogens (tertiary/aromatic N) is 1. The van der Waals surface area contributed by atoms with E-state index in [1.54, 1.807) is 0 Å². The Kier molecular flexibility index (Phi) is 4.63. The highest BCUT2D eigenvalue weighted by molar-refractivity contribution is 6.36. The van der Waals surface area contributed by atoms with Crippen molar-refractivity contribution in [2.24, 2.45) is 0 Å². The van der Waals surface area contributed by atoms with Crippen LogP contribution >= 0.6 is 11.6 Å². The first-order valence-electron chi connectivity index (χ1n) is 8.10. The van der Waals surface area contributed by atoms with Gasteiger partial charge in [0.25, 0.3) is 5.91 Å². The maximum atomic E-state index is 12.2. The summed E-state index contributed by atoms with van der Waals surface area (Å²) in [5.74, 6) is -0.0378. The number of halogens is 1. The van der Waals surface area contributed by atoms with Crippen molar-refractivity contribution in [3.63, 3.8) is 0 Å². The molecule has 0 aliphatic heterocycles. The van der Waals surface area contributed by atoms with Gasteiger partial charge in [0, 0.05) is 23.2 Å². The summed E-state index contributed by atoms with van der Waals surface area (Å²) >= 11 is 6.59. The molecule has 0 radical (unpaired) electrons. The van der Waals surface area contributed by atoms with E-state index in [1.165, 1.54) is 12.0 Å². The summed E-state index contributed by atoms with van der Waals surface area (Å²) < 4.78 is 0. The predicted molar refractivity (Wildman–Crippen MR) is 90.6 cm³/mol. The van der Waals surface area contributed by atoms with Gasteiger partial charge in [-0.3, -0.25) is 9.78 Å². The number of hydrogen-bond acceptors (Lipinski definition) is 2. The van der Waals surface area contributed by atoms with E-state index in [-0.39, 0.29) is 5.91 Å². The molecule has 2 aromatic rings. The number of benzene rings is 1. The van der Waals surface area contributed by atoms with Gasteiger partial charge < -0.3 is 5.32 Å². The number of unbranched alkanes of at least 4 members (excludes halogenated alkanes) is 1. The molecule has 4 heteroatoms. The topological polar surface area (TPSA) is 42.0 Å². The molecule has 1 aromatic carbocycles. The molecular weight excluding hydrogens is 296 g/mol. The molecule has 1 heterocycles. The molecule has 1 N–H and O–H groups in total. The van der Waals surface area contributed by atoms with Gasteiger partial charge >= 0.3 is 0 Å². The van der Waals surface area contributed by atoms with Crippen molar-refractivity contribution < 1.29 is 4.79 Å². The highest BCUT2D eigenvalue weighted by Gasteiger charge is 2.18. The maximum absolute atomic E-state index is 12.2. The van der Waals surface area contributed by atoms with E-state index in [9.17, 15) is 4.79 Å². The Morgan fingerprint density at radius 2 is 2.14 bits per heavy atom. The zero-order valence-corrected chi connectivity index (χ0v) is 13.7. The molecule has 1 aromatic heterocycles. The fraction of sp³-hybridized carbons (Fsp3) is 0.444. The van der Waals surface area contributed by atoms with E-state index in [2.05, 4.69) is 12.2 Å². The number of amides is 1. The van der Waals surface area contributed by atoms with Gasteiger partial charge in [-0.15, -0.1) is 0 Å². The second-order valence-corrected chi connectivity index (χ2v) is 6.28. The van der Waals surface area contributed by atoms with Crippen molar-refractivity contribution in [1.82, 2.24) is 10.3 Å². The van der Waals surface area contributed by atoms with Crippen molar-refractivity contribution in [1.29, 1.82) is 0 Å². The molecule has 116 valence electrons. The number of fused-ring (bicyclic) bond motifs is 2. The summed E-state index contributed by atoms with van der Waals surface area (Å²) in [5, 5.41) is 4.62. The summed E-state index contributed by atoms with van der Waals surface area (Å²) in [5.41, 5.74) is 3.84. The van der Waals surface area contributed by atoms with Gasteiger partial charge in [0.2, 0.25) is 0 Å².